The van der Waals surface area contributed by atoms with Crippen molar-refractivity contribution in [2.45, 2.75) is 37.7 Å². The van der Waals surface area contributed by atoms with E-state index in [0.717, 1.165) is 11.8 Å². The summed E-state index contributed by atoms with van der Waals surface area (Å²) in [6.45, 7) is 2.88. The lowest BCUT2D eigenvalue weighted by atomic mass is 10.2. The first-order valence-corrected chi connectivity index (χ1v) is 9.53. The van der Waals surface area contributed by atoms with Crippen molar-refractivity contribution in [3.05, 3.63) is 0 Å². The number of hydrazine groups is 1. The minimum absolute atomic E-state index is 0.0909. The zero-order chi connectivity index (χ0) is 19.4. The maximum atomic E-state index is 12.1. The Kier molecular flexibility index (Phi) is 12.9. The zero-order valence-corrected chi connectivity index (χ0v) is 16.2. The predicted molar refractivity (Wildman–Crippen MR) is 100.0 cm³/mol. The van der Waals surface area contributed by atoms with Crippen molar-refractivity contribution in [1.29, 1.82) is 0 Å². The minimum Gasteiger partial charge on any atom is -0.393 e. The van der Waals surface area contributed by atoms with Gasteiger partial charge in [0.2, 0.25) is 11.8 Å². The van der Waals surface area contributed by atoms with Gasteiger partial charge in [-0.25, -0.2) is 5.43 Å². The molecule has 0 saturated heterocycles. The molecular weight excluding hydrogens is 368 g/mol. The van der Waals surface area contributed by atoms with Crippen LogP contribution in [0, 0.1) is 0 Å². The highest BCUT2D eigenvalue weighted by atomic mass is 32.2. The normalized spacial score (nSPS) is 14.5. The minimum atomic E-state index is -1.44. The molecule has 146 valence electrons. The summed E-state index contributed by atoms with van der Waals surface area (Å²) in [6, 6.07) is -0.664. The number of carbonyl (C=O) groups excluding carboxylic acids is 3. The molecule has 2 amide bonds. The van der Waals surface area contributed by atoms with Crippen LogP contribution in [0.3, 0.4) is 0 Å². The maximum absolute atomic E-state index is 12.1. The second kappa shape index (κ2) is 13.4. The lowest BCUT2D eigenvalue weighted by Crippen LogP contribution is -2.54. The second-order valence-electron chi connectivity index (χ2n) is 5.26. The van der Waals surface area contributed by atoms with E-state index < -0.39 is 29.8 Å². The maximum Gasteiger partial charge on any atom is 0.239 e. The molecule has 6 N–H and O–H groups in total. The van der Waals surface area contributed by atoms with E-state index in [2.05, 4.69) is 23.4 Å². The van der Waals surface area contributed by atoms with Gasteiger partial charge < -0.3 is 21.3 Å². The molecule has 0 saturated carbocycles. The second-order valence-corrected chi connectivity index (χ2v) is 7.01. The number of nitrogens with one attached hydrogen (secondary N) is 2. The lowest BCUT2D eigenvalue weighted by molar-refractivity contribution is -0.134. The molecule has 0 heterocycles. The van der Waals surface area contributed by atoms with Gasteiger partial charge in [-0.2, -0.15) is 12.6 Å². The number of ketones is 1. The number of aliphatic hydroxyl groups excluding tert-OH is 2. The first-order valence-electron chi connectivity index (χ1n) is 7.85. The zero-order valence-electron chi connectivity index (χ0n) is 14.5. The van der Waals surface area contributed by atoms with Crippen molar-refractivity contribution < 1.29 is 24.6 Å². The van der Waals surface area contributed by atoms with E-state index >= 15 is 0 Å². The first kappa shape index (κ1) is 24.1. The monoisotopic (exact) mass is 396 g/mol. The largest absolute Gasteiger partial charge is 0.393 e. The first-order chi connectivity index (χ1) is 11.8. The number of rotatable bonds is 13. The Balaban J connectivity index is 4.77. The van der Waals surface area contributed by atoms with E-state index in [1.165, 1.54) is 11.9 Å². The molecule has 0 bridgehead atoms. The van der Waals surface area contributed by atoms with Gasteiger partial charge in [-0.3, -0.25) is 19.4 Å². The van der Waals surface area contributed by atoms with Crippen LogP contribution in [-0.4, -0.2) is 81.5 Å². The molecule has 0 rings (SSSR count). The Hall–Kier alpha value is -0.850. The molecule has 0 spiro atoms. The highest BCUT2D eigenvalue weighted by molar-refractivity contribution is 8.00. The fourth-order valence-electron chi connectivity index (χ4n) is 1.74. The fraction of sp³-hybridized carbons (Fsp3) is 0.786. The topological polar surface area (TPSA) is 145 Å². The van der Waals surface area contributed by atoms with Gasteiger partial charge in [0, 0.05) is 20.0 Å². The molecule has 0 fully saturated rings. The van der Waals surface area contributed by atoms with Crippen molar-refractivity contribution in [3.63, 3.8) is 0 Å². The van der Waals surface area contributed by atoms with Crippen molar-refractivity contribution in [2.24, 2.45) is 5.73 Å². The predicted octanol–water partition coefficient (Wildman–Crippen LogP) is -1.90. The van der Waals surface area contributed by atoms with Gasteiger partial charge in [0.05, 0.1) is 17.7 Å². The molecule has 2 unspecified atom stereocenters. The van der Waals surface area contributed by atoms with Gasteiger partial charge in [-0.05, 0) is 19.1 Å². The average molecular weight is 397 g/mol. The van der Waals surface area contributed by atoms with Crippen LogP contribution in [0.15, 0.2) is 0 Å². The van der Waals surface area contributed by atoms with Crippen LogP contribution in [0.4, 0.5) is 0 Å². The van der Waals surface area contributed by atoms with Gasteiger partial charge in [0.1, 0.15) is 12.1 Å². The number of Topliss-reactive ketones (excluding diaryl/α,β-unsaturated/α-hetero) is 1. The summed E-state index contributed by atoms with van der Waals surface area (Å²) in [4.78, 5) is 35.7. The number of hydrogen-bond acceptors (Lipinski definition) is 9. The van der Waals surface area contributed by atoms with Crippen LogP contribution in [0.5, 0.6) is 0 Å². The van der Waals surface area contributed by atoms with E-state index in [1.54, 1.807) is 6.92 Å². The molecule has 0 aliphatic heterocycles. The fourth-order valence-corrected chi connectivity index (χ4v) is 2.95. The summed E-state index contributed by atoms with van der Waals surface area (Å²) < 4.78 is 0. The summed E-state index contributed by atoms with van der Waals surface area (Å²) in [7, 11) is 0. The van der Waals surface area contributed by atoms with E-state index in [1.807, 2.05) is 0 Å². The number of nitrogens with two attached hydrogens (primary N) is 1. The van der Waals surface area contributed by atoms with Crippen LogP contribution in [-0.2, 0) is 14.4 Å². The number of carbonyl (C=O) groups is 3. The van der Waals surface area contributed by atoms with Crippen LogP contribution in [0.2, 0.25) is 0 Å². The molecule has 3 atom stereocenters. The van der Waals surface area contributed by atoms with Crippen molar-refractivity contribution in [2.75, 3.05) is 31.3 Å². The molecule has 0 radical (unpaired) electrons. The van der Waals surface area contributed by atoms with Crippen LogP contribution in [0.1, 0.15) is 20.3 Å². The third-order valence-electron chi connectivity index (χ3n) is 3.23. The van der Waals surface area contributed by atoms with Crippen molar-refractivity contribution >= 4 is 42.0 Å². The molecule has 25 heavy (non-hydrogen) atoms. The van der Waals surface area contributed by atoms with Crippen molar-refractivity contribution in [3.8, 4) is 0 Å². The SMILES string of the molecule is CC(=O)N(CSC(C)C(=O)C(O)CO)N[C@@H](CCS)C(=O)NCCN. The summed E-state index contributed by atoms with van der Waals surface area (Å²) >= 11 is 5.22. The standard InChI is InChI=1S/C14H28N4O5S2/c1-9(13(22)12(21)7-19)25-8-18(10(2)20)17-11(3-6-24)14(23)16-5-4-15/h9,11-12,17,19,21,24H,3-8,15H2,1-2H3,(H,16,23)/t9?,11-,12?/m0/s1. The summed E-state index contributed by atoms with van der Waals surface area (Å²) in [5, 5.41) is 21.4. The highest BCUT2D eigenvalue weighted by Crippen LogP contribution is 2.15. The molecule has 0 aliphatic rings. The van der Waals surface area contributed by atoms with Gasteiger partial charge in [-0.1, -0.05) is 0 Å². The Morgan fingerprint density at radius 1 is 1.36 bits per heavy atom. The Morgan fingerprint density at radius 2 is 2.00 bits per heavy atom. The van der Waals surface area contributed by atoms with Gasteiger partial charge >= 0.3 is 0 Å². The molecule has 0 aromatic carbocycles. The Labute approximate surface area is 157 Å². The number of thioether (sulfide) groups is 1. The number of nitrogens with zero attached hydrogens (tertiary/aromatic N) is 1. The number of thiol groups is 1. The van der Waals surface area contributed by atoms with Gasteiger partial charge in [0.15, 0.2) is 5.78 Å². The van der Waals surface area contributed by atoms with Crippen LogP contribution >= 0.6 is 24.4 Å². The lowest BCUT2D eigenvalue weighted by Gasteiger charge is -2.28. The summed E-state index contributed by atoms with van der Waals surface area (Å²) in [5.74, 6) is -0.623. The Morgan fingerprint density at radius 3 is 2.48 bits per heavy atom. The molecule has 0 aromatic heterocycles. The molecule has 9 nitrogen and oxygen atoms in total. The van der Waals surface area contributed by atoms with E-state index in [4.69, 9.17) is 10.8 Å². The molecular formula is C14H28N4O5S2. The number of hydrogen-bond donors (Lipinski definition) is 6. The van der Waals surface area contributed by atoms with Crippen LogP contribution in [0.25, 0.3) is 0 Å². The Bertz CT molecular complexity index is 441. The van der Waals surface area contributed by atoms with E-state index in [9.17, 15) is 19.5 Å². The third kappa shape index (κ3) is 9.42. The van der Waals surface area contributed by atoms with E-state index in [-0.39, 0.29) is 17.7 Å². The summed E-state index contributed by atoms with van der Waals surface area (Å²) in [6.07, 6.45) is -1.05. The van der Waals surface area contributed by atoms with Gasteiger partial charge in [0.25, 0.3) is 0 Å². The highest BCUT2D eigenvalue weighted by Gasteiger charge is 2.25. The number of aliphatic hydroxyl groups is 2. The van der Waals surface area contributed by atoms with Crippen molar-refractivity contribution in [1.82, 2.24) is 15.8 Å². The molecule has 0 aromatic rings. The molecule has 11 heteroatoms. The number of amides is 2. The average Bonchev–Trinajstić information content (AvgIpc) is 2.59. The smallest absolute Gasteiger partial charge is 0.239 e. The summed E-state index contributed by atoms with van der Waals surface area (Å²) in [5.41, 5.74) is 8.20. The third-order valence-corrected chi connectivity index (χ3v) is 4.62. The molecule has 0 aliphatic carbocycles. The van der Waals surface area contributed by atoms with E-state index in [0.29, 0.717) is 25.3 Å². The van der Waals surface area contributed by atoms with Crippen LogP contribution < -0.4 is 16.5 Å². The van der Waals surface area contributed by atoms with Gasteiger partial charge in [-0.15, -0.1) is 11.8 Å². The quantitative estimate of drug-likeness (QED) is 0.120.